The highest BCUT2D eigenvalue weighted by molar-refractivity contribution is 7.13. The van der Waals surface area contributed by atoms with Crippen LogP contribution in [0.15, 0.2) is 48.1 Å². The van der Waals surface area contributed by atoms with Gasteiger partial charge in [0.15, 0.2) is 0 Å². The third-order valence-corrected chi connectivity index (χ3v) is 7.18. The molecule has 1 aromatic carbocycles. The van der Waals surface area contributed by atoms with E-state index in [4.69, 9.17) is 0 Å². The van der Waals surface area contributed by atoms with Crippen molar-refractivity contribution in [1.82, 2.24) is 29.5 Å². The lowest BCUT2D eigenvalue weighted by atomic mass is 10.0. The second kappa shape index (κ2) is 8.90. The highest BCUT2D eigenvalue weighted by atomic mass is 32.1. The van der Waals surface area contributed by atoms with E-state index < -0.39 is 0 Å². The molecule has 4 heterocycles. The fraction of sp³-hybridized carbons (Fsp3) is 0.435. The number of likely N-dealkylation sites (N-methyl/N-ethyl adjacent to an activating group) is 1. The zero-order valence-electron chi connectivity index (χ0n) is 17.9. The van der Waals surface area contributed by atoms with Gasteiger partial charge in [-0.25, -0.2) is 9.67 Å². The molecule has 2 fully saturated rings. The number of piperidine rings is 1. The third kappa shape index (κ3) is 4.42. The van der Waals surface area contributed by atoms with E-state index in [0.717, 1.165) is 49.0 Å². The molecule has 2 aromatic heterocycles. The second-order valence-electron chi connectivity index (χ2n) is 8.43. The van der Waals surface area contributed by atoms with Crippen molar-refractivity contribution in [2.75, 3.05) is 46.3 Å². The van der Waals surface area contributed by atoms with Gasteiger partial charge in [-0.1, -0.05) is 18.2 Å². The Morgan fingerprint density at radius 3 is 2.68 bits per heavy atom. The quantitative estimate of drug-likeness (QED) is 0.630. The van der Waals surface area contributed by atoms with E-state index in [2.05, 4.69) is 26.9 Å². The third-order valence-electron chi connectivity index (χ3n) is 6.29. The number of aromatic nitrogens is 3. The number of hydrogen-bond acceptors (Lipinski definition) is 6. The van der Waals surface area contributed by atoms with Crippen LogP contribution < -0.4 is 0 Å². The van der Waals surface area contributed by atoms with Crippen molar-refractivity contribution in [3.63, 3.8) is 0 Å². The predicted octanol–water partition coefficient (Wildman–Crippen LogP) is 2.85. The number of hydrogen-bond donors (Lipinski definition) is 0. The number of thiazole rings is 1. The predicted molar refractivity (Wildman–Crippen MR) is 123 cm³/mol. The molecule has 0 saturated carbocycles. The maximum Gasteiger partial charge on any atom is 0.273 e. The topological polar surface area (TPSA) is 57.5 Å². The van der Waals surface area contributed by atoms with Crippen molar-refractivity contribution < 1.29 is 4.79 Å². The van der Waals surface area contributed by atoms with Crippen LogP contribution >= 0.6 is 11.3 Å². The molecule has 7 nitrogen and oxygen atoms in total. The van der Waals surface area contributed by atoms with E-state index in [9.17, 15) is 4.79 Å². The summed E-state index contributed by atoms with van der Waals surface area (Å²) in [6.45, 7) is 5.79. The first-order chi connectivity index (χ1) is 15.2. The summed E-state index contributed by atoms with van der Waals surface area (Å²) in [4.78, 5) is 24.6. The summed E-state index contributed by atoms with van der Waals surface area (Å²) in [5.74, 6) is 0.0402. The molecule has 2 saturated heterocycles. The Morgan fingerprint density at radius 2 is 1.90 bits per heavy atom. The number of para-hydroxylation sites is 1. The Hall–Kier alpha value is -2.55. The minimum atomic E-state index is 0.0402. The van der Waals surface area contributed by atoms with Gasteiger partial charge in [0.05, 0.1) is 11.9 Å². The molecular weight excluding hydrogens is 408 g/mol. The number of nitrogens with zero attached hydrogens (tertiary/aromatic N) is 6. The first-order valence-electron chi connectivity index (χ1n) is 11.0. The van der Waals surface area contributed by atoms with Gasteiger partial charge in [0, 0.05) is 55.9 Å². The lowest BCUT2D eigenvalue weighted by Crippen LogP contribution is -2.55. The molecule has 31 heavy (non-hydrogen) atoms. The summed E-state index contributed by atoms with van der Waals surface area (Å²) in [6.07, 6.45) is 6.30. The molecule has 0 bridgehead atoms. The molecule has 0 N–H and O–H groups in total. The van der Waals surface area contributed by atoms with E-state index in [1.165, 1.54) is 30.7 Å². The normalized spacial score (nSPS) is 20.8. The summed E-state index contributed by atoms with van der Waals surface area (Å²) in [5, 5.41) is 7.15. The molecule has 0 aliphatic carbocycles. The molecule has 1 atom stereocenters. The van der Waals surface area contributed by atoms with Gasteiger partial charge in [-0.3, -0.25) is 9.69 Å². The summed E-state index contributed by atoms with van der Waals surface area (Å²) in [5.41, 5.74) is 2.47. The lowest BCUT2D eigenvalue weighted by molar-refractivity contribution is 0.0449. The van der Waals surface area contributed by atoms with Crippen molar-refractivity contribution in [2.24, 2.45) is 0 Å². The van der Waals surface area contributed by atoms with Crippen LogP contribution in [0.1, 0.15) is 23.3 Å². The van der Waals surface area contributed by atoms with Crippen molar-refractivity contribution in [3.8, 4) is 16.3 Å². The molecular formula is C23H28N6OS. The van der Waals surface area contributed by atoms with Gasteiger partial charge in [0.25, 0.3) is 5.91 Å². The van der Waals surface area contributed by atoms with Crippen LogP contribution in [0.2, 0.25) is 0 Å². The van der Waals surface area contributed by atoms with E-state index in [1.54, 1.807) is 6.20 Å². The molecule has 0 spiro atoms. The second-order valence-corrected chi connectivity index (χ2v) is 9.29. The smallest absolute Gasteiger partial charge is 0.273 e. The molecule has 2 aliphatic rings. The summed E-state index contributed by atoms with van der Waals surface area (Å²) < 4.78 is 1.83. The zero-order valence-corrected chi connectivity index (χ0v) is 18.7. The monoisotopic (exact) mass is 436 g/mol. The Morgan fingerprint density at radius 1 is 1.10 bits per heavy atom. The van der Waals surface area contributed by atoms with Crippen LogP contribution in [0.5, 0.6) is 0 Å². The summed E-state index contributed by atoms with van der Waals surface area (Å²) in [6, 6.07) is 10.6. The lowest BCUT2D eigenvalue weighted by Gasteiger charge is -2.42. The number of benzene rings is 1. The van der Waals surface area contributed by atoms with Gasteiger partial charge in [-0.05, 0) is 38.6 Å². The van der Waals surface area contributed by atoms with Gasteiger partial charge in [-0.15, -0.1) is 11.3 Å². The number of amides is 1. The van der Waals surface area contributed by atoms with Gasteiger partial charge in [0.2, 0.25) is 0 Å². The number of piperazine rings is 1. The standard InChI is InChI=1S/C23H28N6OS/c1-26-9-5-8-20(16-26)27-10-12-28(13-11-27)23(30)21-17-31-22(25-21)18-14-24-29(15-18)19-6-3-2-4-7-19/h2-4,6-7,14-15,17,20H,5,8-13,16H2,1H3. The molecule has 2 aliphatic heterocycles. The van der Waals surface area contributed by atoms with Crippen molar-refractivity contribution in [2.45, 2.75) is 18.9 Å². The molecule has 162 valence electrons. The molecule has 3 aromatic rings. The molecule has 5 rings (SSSR count). The SMILES string of the molecule is CN1CCCC(N2CCN(C(=O)c3csc(-c4cnn(-c5ccccc5)c4)n3)CC2)C1. The fourth-order valence-corrected chi connectivity index (χ4v) is 5.32. The summed E-state index contributed by atoms with van der Waals surface area (Å²) >= 11 is 1.50. The van der Waals surface area contributed by atoms with E-state index >= 15 is 0 Å². The van der Waals surface area contributed by atoms with Crippen LogP contribution in [0.4, 0.5) is 0 Å². The molecule has 1 unspecified atom stereocenters. The molecule has 0 radical (unpaired) electrons. The van der Waals surface area contributed by atoms with Gasteiger partial charge >= 0.3 is 0 Å². The van der Waals surface area contributed by atoms with Crippen LogP contribution in [0.25, 0.3) is 16.3 Å². The maximum absolute atomic E-state index is 13.0. The Kier molecular flexibility index (Phi) is 5.85. The number of likely N-dealkylation sites (tertiary alicyclic amines) is 1. The van der Waals surface area contributed by atoms with Gasteiger partial charge in [-0.2, -0.15) is 5.10 Å². The molecule has 8 heteroatoms. The highest BCUT2D eigenvalue weighted by Gasteiger charge is 2.29. The Bertz CT molecular complexity index is 1020. The van der Waals surface area contributed by atoms with Crippen LogP contribution in [-0.4, -0.2) is 87.7 Å². The average molecular weight is 437 g/mol. The van der Waals surface area contributed by atoms with Gasteiger partial charge in [0.1, 0.15) is 10.7 Å². The van der Waals surface area contributed by atoms with Crippen LogP contribution in [0, 0.1) is 0 Å². The average Bonchev–Trinajstić information content (AvgIpc) is 3.49. The van der Waals surface area contributed by atoms with E-state index in [1.807, 2.05) is 51.5 Å². The maximum atomic E-state index is 13.0. The van der Waals surface area contributed by atoms with E-state index in [-0.39, 0.29) is 5.91 Å². The van der Waals surface area contributed by atoms with Crippen LogP contribution in [-0.2, 0) is 0 Å². The van der Waals surface area contributed by atoms with Crippen LogP contribution in [0.3, 0.4) is 0 Å². The van der Waals surface area contributed by atoms with Crippen molar-refractivity contribution in [1.29, 1.82) is 0 Å². The number of carbonyl (C=O) groups excluding carboxylic acids is 1. The van der Waals surface area contributed by atoms with Crippen molar-refractivity contribution >= 4 is 17.2 Å². The fourth-order valence-electron chi connectivity index (χ4n) is 4.55. The summed E-state index contributed by atoms with van der Waals surface area (Å²) in [7, 11) is 2.20. The first-order valence-corrected chi connectivity index (χ1v) is 11.8. The van der Waals surface area contributed by atoms with Gasteiger partial charge < -0.3 is 9.80 Å². The number of carbonyl (C=O) groups is 1. The Labute approximate surface area is 186 Å². The van der Waals surface area contributed by atoms with E-state index in [0.29, 0.717) is 11.7 Å². The minimum Gasteiger partial charge on any atom is -0.335 e. The Balaban J connectivity index is 1.21. The molecule has 1 amide bonds. The minimum absolute atomic E-state index is 0.0402. The van der Waals surface area contributed by atoms with Crippen molar-refractivity contribution in [3.05, 3.63) is 53.8 Å². The highest BCUT2D eigenvalue weighted by Crippen LogP contribution is 2.25. The first kappa shape index (κ1) is 20.4. The largest absolute Gasteiger partial charge is 0.335 e. The number of rotatable bonds is 4. The zero-order chi connectivity index (χ0) is 21.2.